The Morgan fingerprint density at radius 2 is 1.79 bits per heavy atom. The van der Waals surface area contributed by atoms with E-state index in [1.807, 2.05) is 25.1 Å². The van der Waals surface area contributed by atoms with Crippen LogP contribution in [-0.4, -0.2) is 23.7 Å². The highest BCUT2D eigenvalue weighted by molar-refractivity contribution is 5.85. The van der Waals surface area contributed by atoms with Crippen molar-refractivity contribution in [3.8, 4) is 17.2 Å². The highest BCUT2D eigenvalue weighted by Crippen LogP contribution is 2.32. The molecule has 1 N–H and O–H groups in total. The highest BCUT2D eigenvalue weighted by Gasteiger charge is 2.15. The van der Waals surface area contributed by atoms with Crippen LogP contribution in [0.5, 0.6) is 17.2 Å². The number of hydrogen-bond acceptors (Lipinski definition) is 6. The largest absolute Gasteiger partial charge is 0.484 e. The summed E-state index contributed by atoms with van der Waals surface area (Å²) in [6, 6.07) is 18.7. The quantitative estimate of drug-likeness (QED) is 0.271. The molecule has 0 aliphatic heterocycles. The maximum Gasteiger partial charge on any atom is 0.311 e. The number of amides is 1. The summed E-state index contributed by atoms with van der Waals surface area (Å²) in [7, 11) is 0. The molecule has 0 radical (unpaired) electrons. The van der Waals surface area contributed by atoms with Crippen LogP contribution in [0, 0.1) is 17.0 Å². The summed E-state index contributed by atoms with van der Waals surface area (Å²) in [5.41, 5.74) is 5.14. The van der Waals surface area contributed by atoms with Crippen LogP contribution >= 0.6 is 0 Å². The molecule has 8 heteroatoms. The van der Waals surface area contributed by atoms with Crippen LogP contribution in [0.15, 0.2) is 71.8 Å². The molecule has 33 heavy (non-hydrogen) atoms. The number of carbonyl (C=O) groups is 1. The van der Waals surface area contributed by atoms with E-state index in [9.17, 15) is 14.9 Å². The number of nitrogens with zero attached hydrogens (tertiary/aromatic N) is 2. The average Bonchev–Trinajstić information content (AvgIpc) is 2.79. The van der Waals surface area contributed by atoms with Gasteiger partial charge >= 0.3 is 5.69 Å². The van der Waals surface area contributed by atoms with Gasteiger partial charge in [-0.2, -0.15) is 5.10 Å². The second kappa shape index (κ2) is 10.9. The van der Waals surface area contributed by atoms with Crippen molar-refractivity contribution in [2.75, 3.05) is 6.61 Å². The predicted molar refractivity (Wildman–Crippen MR) is 126 cm³/mol. The van der Waals surface area contributed by atoms with Crippen LogP contribution in [0.3, 0.4) is 0 Å². The van der Waals surface area contributed by atoms with Crippen molar-refractivity contribution in [2.24, 2.45) is 5.10 Å². The van der Waals surface area contributed by atoms with E-state index in [0.29, 0.717) is 23.0 Å². The predicted octanol–water partition coefficient (Wildman–Crippen LogP) is 5.35. The van der Waals surface area contributed by atoms with Gasteiger partial charge in [0.15, 0.2) is 6.61 Å². The Morgan fingerprint density at radius 3 is 2.48 bits per heavy atom. The number of benzene rings is 3. The number of nitrogens with one attached hydrogen (secondary N) is 1. The number of nitro groups is 1. The molecule has 0 aliphatic rings. The molecule has 170 valence electrons. The van der Waals surface area contributed by atoms with Crippen molar-refractivity contribution < 1.29 is 19.2 Å². The Balaban J connectivity index is 1.60. The molecule has 0 saturated carbocycles. The summed E-state index contributed by atoms with van der Waals surface area (Å²) in [5.74, 6) is 1.08. The van der Waals surface area contributed by atoms with Gasteiger partial charge in [0.1, 0.15) is 11.5 Å². The lowest BCUT2D eigenvalue weighted by atomic mass is 9.98. The fraction of sp³-hybridized carbons (Fsp3) is 0.200. The van der Waals surface area contributed by atoms with Gasteiger partial charge in [0.2, 0.25) is 5.75 Å². The second-order valence-electron chi connectivity index (χ2n) is 7.62. The zero-order valence-electron chi connectivity index (χ0n) is 18.6. The van der Waals surface area contributed by atoms with Crippen molar-refractivity contribution in [3.05, 3.63) is 93.5 Å². The van der Waals surface area contributed by atoms with Gasteiger partial charge in [-0.25, -0.2) is 5.43 Å². The molecule has 8 nitrogen and oxygen atoms in total. The van der Waals surface area contributed by atoms with Crippen molar-refractivity contribution in [1.29, 1.82) is 0 Å². The lowest BCUT2D eigenvalue weighted by Gasteiger charge is -2.12. The minimum Gasteiger partial charge on any atom is -0.484 e. The monoisotopic (exact) mass is 447 g/mol. The van der Waals surface area contributed by atoms with Crippen molar-refractivity contribution in [2.45, 2.75) is 26.7 Å². The fourth-order valence-electron chi connectivity index (χ4n) is 3.23. The number of ether oxygens (including phenoxy) is 2. The van der Waals surface area contributed by atoms with Gasteiger partial charge < -0.3 is 9.47 Å². The number of para-hydroxylation sites is 3. The average molecular weight is 447 g/mol. The maximum atomic E-state index is 12.1. The molecule has 0 aromatic heterocycles. The second-order valence-corrected chi connectivity index (χ2v) is 7.62. The van der Waals surface area contributed by atoms with E-state index in [-0.39, 0.29) is 18.0 Å². The fourth-order valence-corrected chi connectivity index (χ4v) is 3.23. The van der Waals surface area contributed by atoms with Gasteiger partial charge in [-0.1, -0.05) is 44.2 Å². The molecule has 0 heterocycles. The summed E-state index contributed by atoms with van der Waals surface area (Å²) in [6.45, 7) is 6.07. The lowest BCUT2D eigenvalue weighted by Crippen LogP contribution is -2.24. The van der Waals surface area contributed by atoms with Gasteiger partial charge in [-0.15, -0.1) is 0 Å². The minimum atomic E-state index is -0.510. The van der Waals surface area contributed by atoms with Gasteiger partial charge in [-0.3, -0.25) is 14.9 Å². The molecule has 0 fully saturated rings. The molecule has 0 saturated heterocycles. The first-order chi connectivity index (χ1) is 15.8. The first kappa shape index (κ1) is 23.5. The topological polar surface area (TPSA) is 103 Å². The number of carbonyl (C=O) groups excluding carboxylic acids is 1. The number of hydrogen-bond donors (Lipinski definition) is 1. The van der Waals surface area contributed by atoms with Gasteiger partial charge in [-0.05, 0) is 54.3 Å². The van der Waals surface area contributed by atoms with E-state index >= 15 is 0 Å². The zero-order chi connectivity index (χ0) is 23.8. The van der Waals surface area contributed by atoms with Gasteiger partial charge in [0, 0.05) is 11.6 Å². The van der Waals surface area contributed by atoms with E-state index in [1.54, 1.807) is 36.4 Å². The summed E-state index contributed by atoms with van der Waals surface area (Å²) in [5, 5.41) is 15.2. The van der Waals surface area contributed by atoms with Crippen LogP contribution in [0.4, 0.5) is 5.69 Å². The van der Waals surface area contributed by atoms with Crippen molar-refractivity contribution in [1.82, 2.24) is 5.43 Å². The summed E-state index contributed by atoms with van der Waals surface area (Å²) < 4.78 is 11.3. The molecule has 0 spiro atoms. The maximum absolute atomic E-state index is 12.1. The van der Waals surface area contributed by atoms with Crippen molar-refractivity contribution >= 4 is 17.8 Å². The summed E-state index contributed by atoms with van der Waals surface area (Å²) >= 11 is 0. The minimum absolute atomic E-state index is 0.111. The van der Waals surface area contributed by atoms with Crippen LogP contribution in [-0.2, 0) is 4.79 Å². The van der Waals surface area contributed by atoms with Gasteiger partial charge in [0.25, 0.3) is 5.91 Å². The highest BCUT2D eigenvalue weighted by atomic mass is 16.6. The molecule has 0 aliphatic carbocycles. The molecular formula is C25H25N3O5. The van der Waals surface area contributed by atoms with Crippen LogP contribution in [0.25, 0.3) is 0 Å². The standard InChI is InChI=1S/C25H25N3O5/c1-17(2)21-13-12-20(14-18(21)3)32-16-25(29)27-26-15-19-8-4-6-10-23(19)33-24-11-7-5-9-22(24)28(30)31/h4-15,17H,16H2,1-3H3,(H,27,29)/b26-15-. The molecule has 3 aromatic carbocycles. The third-order valence-corrected chi connectivity index (χ3v) is 4.83. The third-order valence-electron chi connectivity index (χ3n) is 4.83. The van der Waals surface area contributed by atoms with Crippen LogP contribution < -0.4 is 14.9 Å². The Hall–Kier alpha value is -4.20. The van der Waals surface area contributed by atoms with Crippen LogP contribution in [0.1, 0.15) is 36.5 Å². The van der Waals surface area contributed by atoms with E-state index in [0.717, 1.165) is 5.56 Å². The molecule has 1 amide bonds. The number of hydrazone groups is 1. The Labute approximate surface area is 192 Å². The molecule has 0 bridgehead atoms. The Bertz CT molecular complexity index is 1170. The molecule has 0 unspecified atom stereocenters. The number of aryl methyl sites for hydroxylation is 1. The number of nitro benzene ring substituents is 1. The normalized spacial score (nSPS) is 10.9. The summed E-state index contributed by atoms with van der Waals surface area (Å²) in [6.07, 6.45) is 1.41. The molecular weight excluding hydrogens is 422 g/mol. The third kappa shape index (κ3) is 6.39. The number of rotatable bonds is 9. The lowest BCUT2D eigenvalue weighted by molar-refractivity contribution is -0.385. The first-order valence-corrected chi connectivity index (χ1v) is 10.4. The van der Waals surface area contributed by atoms with E-state index in [2.05, 4.69) is 24.4 Å². The summed E-state index contributed by atoms with van der Waals surface area (Å²) in [4.78, 5) is 22.8. The Morgan fingerprint density at radius 1 is 1.09 bits per heavy atom. The Kier molecular flexibility index (Phi) is 7.75. The molecule has 3 rings (SSSR count). The molecule has 0 atom stereocenters. The van der Waals surface area contributed by atoms with Crippen molar-refractivity contribution in [3.63, 3.8) is 0 Å². The van der Waals surface area contributed by atoms with E-state index in [4.69, 9.17) is 9.47 Å². The van der Waals surface area contributed by atoms with Crippen LogP contribution in [0.2, 0.25) is 0 Å². The zero-order valence-corrected chi connectivity index (χ0v) is 18.6. The van der Waals surface area contributed by atoms with Gasteiger partial charge in [0.05, 0.1) is 11.1 Å². The smallest absolute Gasteiger partial charge is 0.311 e. The van der Waals surface area contributed by atoms with E-state index < -0.39 is 10.8 Å². The molecule has 3 aromatic rings. The van der Waals surface area contributed by atoms with E-state index in [1.165, 1.54) is 23.9 Å². The SMILES string of the molecule is Cc1cc(OCC(=O)N/N=C\c2ccccc2Oc2ccccc2[N+](=O)[O-])ccc1C(C)C. The first-order valence-electron chi connectivity index (χ1n) is 10.4.